The molecule has 0 radical (unpaired) electrons. The fourth-order valence-electron chi connectivity index (χ4n) is 2.41. The molecule has 0 aliphatic carbocycles. The Labute approximate surface area is 150 Å². The summed E-state index contributed by atoms with van der Waals surface area (Å²) < 4.78 is 5.20. The van der Waals surface area contributed by atoms with Gasteiger partial charge in [-0.05, 0) is 60.9 Å². The van der Waals surface area contributed by atoms with Gasteiger partial charge in [-0.3, -0.25) is 14.9 Å². The van der Waals surface area contributed by atoms with Crippen LogP contribution in [0.2, 0.25) is 5.02 Å². The van der Waals surface area contributed by atoms with Crippen LogP contribution >= 0.6 is 11.6 Å². The molecule has 2 rings (SSSR count). The summed E-state index contributed by atoms with van der Waals surface area (Å²) in [4.78, 5) is 22.6. The molecule has 0 aliphatic rings. The number of carbonyl (C=O) groups excluding carboxylic acids is 1. The quantitative estimate of drug-likeness (QED) is 0.482. The zero-order valence-electron chi connectivity index (χ0n) is 14.0. The average molecular weight is 361 g/mol. The number of hydrogen-bond acceptors (Lipinski definition) is 4. The molecule has 2 aromatic rings. The monoisotopic (exact) mass is 360 g/mol. The Kier molecular flexibility index (Phi) is 5.77. The molecule has 0 spiro atoms. The second-order valence-electron chi connectivity index (χ2n) is 5.42. The van der Waals surface area contributed by atoms with Gasteiger partial charge >= 0.3 is 0 Å². The van der Waals surface area contributed by atoms with Crippen molar-refractivity contribution in [3.05, 3.63) is 68.2 Å². The van der Waals surface area contributed by atoms with Gasteiger partial charge in [0.05, 0.1) is 12.0 Å². The number of hydrogen-bond donors (Lipinski definition) is 1. The fraction of sp³-hybridized carbons (Fsp3) is 0.167. The maximum atomic E-state index is 12.1. The number of nitro benzene ring substituents is 1. The Balaban J connectivity index is 2.21. The zero-order valence-corrected chi connectivity index (χ0v) is 14.8. The minimum Gasteiger partial charge on any atom is -0.497 e. The standard InChI is InChI=1S/C18H17ClN2O4/c1-11-8-14(25-3)9-12(2)15(11)5-7-18(22)20-16-6-4-13(19)10-17(16)21(23)24/h4-10H,1-3H3,(H,20,22)/b7-5+. The van der Waals surface area contributed by atoms with Crippen molar-refractivity contribution in [1.82, 2.24) is 0 Å². The van der Waals surface area contributed by atoms with Crippen molar-refractivity contribution in [3.63, 3.8) is 0 Å². The van der Waals surface area contributed by atoms with Gasteiger partial charge in [0.2, 0.25) is 5.91 Å². The number of amides is 1. The average Bonchev–Trinajstić information content (AvgIpc) is 2.55. The zero-order chi connectivity index (χ0) is 18.6. The van der Waals surface area contributed by atoms with Crippen LogP contribution in [-0.2, 0) is 4.79 Å². The minimum atomic E-state index is -0.594. The van der Waals surface area contributed by atoms with Gasteiger partial charge in [0.15, 0.2) is 0 Å². The highest BCUT2D eigenvalue weighted by Crippen LogP contribution is 2.28. The number of carbonyl (C=O) groups is 1. The molecule has 1 N–H and O–H groups in total. The second kappa shape index (κ2) is 7.81. The molecule has 0 saturated heterocycles. The van der Waals surface area contributed by atoms with Crippen LogP contribution in [0, 0.1) is 24.0 Å². The maximum Gasteiger partial charge on any atom is 0.294 e. The molecule has 130 valence electrons. The van der Waals surface area contributed by atoms with Crippen molar-refractivity contribution in [1.29, 1.82) is 0 Å². The second-order valence-corrected chi connectivity index (χ2v) is 5.85. The van der Waals surface area contributed by atoms with E-state index in [9.17, 15) is 14.9 Å². The van der Waals surface area contributed by atoms with Crippen molar-refractivity contribution < 1.29 is 14.5 Å². The normalized spacial score (nSPS) is 10.7. The van der Waals surface area contributed by atoms with Gasteiger partial charge in [-0.15, -0.1) is 0 Å². The van der Waals surface area contributed by atoms with Crippen LogP contribution in [-0.4, -0.2) is 17.9 Å². The Morgan fingerprint density at radius 3 is 2.44 bits per heavy atom. The Bertz CT molecular complexity index is 839. The lowest BCUT2D eigenvalue weighted by Crippen LogP contribution is -2.09. The van der Waals surface area contributed by atoms with Crippen molar-refractivity contribution in [2.24, 2.45) is 0 Å². The van der Waals surface area contributed by atoms with Gasteiger partial charge in [0.1, 0.15) is 11.4 Å². The van der Waals surface area contributed by atoms with Crippen LogP contribution in [0.4, 0.5) is 11.4 Å². The molecule has 7 heteroatoms. The number of methoxy groups -OCH3 is 1. The molecular formula is C18H17ClN2O4. The molecule has 0 unspecified atom stereocenters. The summed E-state index contributed by atoms with van der Waals surface area (Å²) in [6.45, 7) is 3.83. The summed E-state index contributed by atoms with van der Waals surface area (Å²) >= 11 is 5.76. The number of nitrogens with zero attached hydrogens (tertiary/aromatic N) is 1. The molecule has 0 bridgehead atoms. The van der Waals surface area contributed by atoms with Gasteiger partial charge in [-0.2, -0.15) is 0 Å². The van der Waals surface area contributed by atoms with E-state index < -0.39 is 10.8 Å². The van der Waals surface area contributed by atoms with Gasteiger partial charge in [-0.1, -0.05) is 11.6 Å². The van der Waals surface area contributed by atoms with Crippen LogP contribution in [0.3, 0.4) is 0 Å². The van der Waals surface area contributed by atoms with Crippen molar-refractivity contribution in [2.75, 3.05) is 12.4 Å². The third-order valence-electron chi connectivity index (χ3n) is 3.62. The molecule has 6 nitrogen and oxygen atoms in total. The van der Waals surface area contributed by atoms with E-state index in [2.05, 4.69) is 5.32 Å². The van der Waals surface area contributed by atoms with E-state index in [1.165, 1.54) is 24.3 Å². The van der Waals surface area contributed by atoms with E-state index >= 15 is 0 Å². The summed E-state index contributed by atoms with van der Waals surface area (Å²) in [5.41, 5.74) is 2.64. The minimum absolute atomic E-state index is 0.0900. The molecule has 0 saturated carbocycles. The predicted molar refractivity (Wildman–Crippen MR) is 98.2 cm³/mol. The summed E-state index contributed by atoms with van der Waals surface area (Å²) in [7, 11) is 1.59. The molecule has 0 heterocycles. The first-order chi connectivity index (χ1) is 11.8. The van der Waals surface area contributed by atoms with Crippen LogP contribution in [0.25, 0.3) is 6.08 Å². The first-order valence-electron chi connectivity index (χ1n) is 7.40. The Hall–Kier alpha value is -2.86. The fourth-order valence-corrected chi connectivity index (χ4v) is 2.58. The first-order valence-corrected chi connectivity index (χ1v) is 7.78. The van der Waals surface area contributed by atoms with E-state index in [1.54, 1.807) is 13.2 Å². The molecule has 0 atom stereocenters. The molecule has 0 aliphatic heterocycles. The summed E-state index contributed by atoms with van der Waals surface area (Å²) in [6, 6.07) is 7.81. The van der Waals surface area contributed by atoms with E-state index in [4.69, 9.17) is 16.3 Å². The van der Waals surface area contributed by atoms with E-state index in [0.29, 0.717) is 0 Å². The van der Waals surface area contributed by atoms with Crippen LogP contribution in [0.1, 0.15) is 16.7 Å². The van der Waals surface area contributed by atoms with Crippen molar-refractivity contribution in [2.45, 2.75) is 13.8 Å². The number of anilines is 1. The number of ether oxygens (including phenoxy) is 1. The number of nitrogens with one attached hydrogen (secondary N) is 1. The van der Waals surface area contributed by atoms with E-state index in [0.717, 1.165) is 22.4 Å². The van der Waals surface area contributed by atoms with Gasteiger partial charge < -0.3 is 10.1 Å². The Morgan fingerprint density at radius 1 is 1.24 bits per heavy atom. The number of aryl methyl sites for hydroxylation is 2. The highest BCUT2D eigenvalue weighted by molar-refractivity contribution is 6.31. The highest BCUT2D eigenvalue weighted by Gasteiger charge is 2.15. The van der Waals surface area contributed by atoms with E-state index in [1.807, 2.05) is 26.0 Å². The van der Waals surface area contributed by atoms with Crippen LogP contribution in [0.15, 0.2) is 36.4 Å². The molecule has 2 aromatic carbocycles. The lowest BCUT2D eigenvalue weighted by Gasteiger charge is -2.09. The summed E-state index contributed by atoms with van der Waals surface area (Å²) in [5, 5.41) is 13.8. The Morgan fingerprint density at radius 2 is 1.88 bits per heavy atom. The van der Waals surface area contributed by atoms with Gasteiger partial charge in [0, 0.05) is 17.2 Å². The van der Waals surface area contributed by atoms with Crippen molar-refractivity contribution in [3.8, 4) is 5.75 Å². The first kappa shape index (κ1) is 18.5. The topological polar surface area (TPSA) is 81.5 Å². The highest BCUT2D eigenvalue weighted by atomic mass is 35.5. The smallest absolute Gasteiger partial charge is 0.294 e. The number of nitro groups is 1. The molecule has 25 heavy (non-hydrogen) atoms. The third-order valence-corrected chi connectivity index (χ3v) is 3.85. The molecule has 0 aromatic heterocycles. The van der Waals surface area contributed by atoms with Crippen LogP contribution < -0.4 is 10.1 Å². The molecule has 0 fully saturated rings. The van der Waals surface area contributed by atoms with E-state index in [-0.39, 0.29) is 16.4 Å². The third kappa shape index (κ3) is 4.58. The van der Waals surface area contributed by atoms with Crippen LogP contribution in [0.5, 0.6) is 5.75 Å². The largest absolute Gasteiger partial charge is 0.497 e. The maximum absolute atomic E-state index is 12.1. The van der Waals surface area contributed by atoms with Crippen molar-refractivity contribution >= 4 is 35.0 Å². The number of benzene rings is 2. The summed E-state index contributed by atoms with van der Waals surface area (Å²) in [6.07, 6.45) is 3.00. The number of halogens is 1. The lowest BCUT2D eigenvalue weighted by molar-refractivity contribution is -0.383. The molecule has 1 amide bonds. The lowest BCUT2D eigenvalue weighted by atomic mass is 10.0. The SMILES string of the molecule is COc1cc(C)c(/C=C/C(=O)Nc2ccc(Cl)cc2[N+](=O)[O-])c(C)c1. The predicted octanol–water partition coefficient (Wildman–Crippen LogP) is 4.53. The number of rotatable bonds is 5. The van der Waals surface area contributed by atoms with Gasteiger partial charge in [0.25, 0.3) is 5.69 Å². The van der Waals surface area contributed by atoms with Gasteiger partial charge in [-0.25, -0.2) is 0 Å². The molecular weight excluding hydrogens is 344 g/mol. The summed E-state index contributed by atoms with van der Waals surface area (Å²) in [5.74, 6) is 0.272.